The van der Waals surface area contributed by atoms with Crippen LogP contribution < -0.4 is 15.5 Å². The Balaban J connectivity index is 1.23. The predicted molar refractivity (Wildman–Crippen MR) is 125 cm³/mol. The summed E-state index contributed by atoms with van der Waals surface area (Å²) in [6, 6.07) is 19.3. The Hall–Kier alpha value is -3.39. The minimum atomic E-state index is -0.934. The number of para-hydroxylation sites is 2. The smallest absolute Gasteiger partial charge is 0.254 e. The van der Waals surface area contributed by atoms with Crippen LogP contribution >= 0.6 is 11.8 Å². The molecule has 0 fully saturated rings. The van der Waals surface area contributed by atoms with E-state index < -0.39 is 17.5 Å². The summed E-state index contributed by atoms with van der Waals surface area (Å²) in [6.45, 7) is 1.30. The molecule has 0 atom stereocenters. The molecule has 1 aliphatic heterocycles. The average molecular weight is 468 g/mol. The quantitative estimate of drug-likeness (QED) is 0.463. The maximum Gasteiger partial charge on any atom is 0.254 e. The summed E-state index contributed by atoms with van der Waals surface area (Å²) in [4.78, 5) is 28.8. The van der Waals surface area contributed by atoms with Crippen molar-refractivity contribution in [2.75, 3.05) is 24.5 Å². The number of fused-ring (bicyclic) bond motifs is 2. The molecule has 3 aromatic rings. The maximum absolute atomic E-state index is 13.6. The van der Waals surface area contributed by atoms with E-state index in [9.17, 15) is 18.4 Å². The molecule has 1 aliphatic rings. The molecular formula is C25H23F2N3O2S. The first-order chi connectivity index (χ1) is 16.0. The van der Waals surface area contributed by atoms with Crippen LogP contribution in [0.5, 0.6) is 0 Å². The summed E-state index contributed by atoms with van der Waals surface area (Å²) in [5, 5.41) is 5.34. The Morgan fingerprint density at radius 2 is 1.52 bits per heavy atom. The minimum absolute atomic E-state index is 0.0611. The summed E-state index contributed by atoms with van der Waals surface area (Å²) in [5.74, 6) is -2.57. The molecule has 0 saturated carbocycles. The van der Waals surface area contributed by atoms with Gasteiger partial charge in [-0.3, -0.25) is 9.59 Å². The Kier molecular flexibility index (Phi) is 7.24. The fourth-order valence-corrected chi connectivity index (χ4v) is 4.73. The van der Waals surface area contributed by atoms with Crippen molar-refractivity contribution in [3.05, 3.63) is 83.9 Å². The van der Waals surface area contributed by atoms with Crippen LogP contribution in [0.3, 0.4) is 0 Å². The number of hydrogen-bond donors (Lipinski definition) is 2. The molecule has 0 saturated heterocycles. The lowest BCUT2D eigenvalue weighted by Crippen LogP contribution is -2.32. The molecule has 0 spiro atoms. The molecule has 0 aliphatic carbocycles. The number of amides is 2. The molecule has 2 N–H and O–H groups in total. The SMILES string of the molecule is O=C(CCNC(=O)c1ccc(F)cc1F)NCCCN1c2ccccc2Sc2ccccc21. The average Bonchev–Trinajstić information content (AvgIpc) is 2.81. The van der Waals surface area contributed by atoms with E-state index in [-0.39, 0.29) is 24.4 Å². The fourth-order valence-electron chi connectivity index (χ4n) is 3.63. The van der Waals surface area contributed by atoms with Crippen LogP contribution in [0.1, 0.15) is 23.2 Å². The molecule has 0 aromatic heterocycles. The van der Waals surface area contributed by atoms with Gasteiger partial charge < -0.3 is 15.5 Å². The van der Waals surface area contributed by atoms with Gasteiger partial charge in [-0.05, 0) is 42.8 Å². The lowest BCUT2D eigenvalue weighted by molar-refractivity contribution is -0.120. The number of anilines is 2. The largest absolute Gasteiger partial charge is 0.356 e. The van der Waals surface area contributed by atoms with Crippen LogP contribution in [0.15, 0.2) is 76.5 Å². The lowest BCUT2D eigenvalue weighted by atomic mass is 10.2. The topological polar surface area (TPSA) is 61.4 Å². The molecule has 0 radical (unpaired) electrons. The van der Waals surface area contributed by atoms with E-state index in [2.05, 4.69) is 39.8 Å². The fraction of sp³-hybridized carbons (Fsp3) is 0.200. The van der Waals surface area contributed by atoms with Crippen LogP contribution in [0.4, 0.5) is 20.2 Å². The highest BCUT2D eigenvalue weighted by atomic mass is 32.2. The maximum atomic E-state index is 13.6. The van der Waals surface area contributed by atoms with Crippen LogP contribution in [0.25, 0.3) is 0 Å². The van der Waals surface area contributed by atoms with Crippen LogP contribution in [0.2, 0.25) is 0 Å². The zero-order chi connectivity index (χ0) is 23.2. The van der Waals surface area contributed by atoms with Gasteiger partial charge in [-0.25, -0.2) is 8.78 Å². The van der Waals surface area contributed by atoms with Crippen molar-refractivity contribution >= 4 is 35.0 Å². The Bertz CT molecular complexity index is 1130. The van der Waals surface area contributed by atoms with Crippen molar-refractivity contribution in [1.29, 1.82) is 0 Å². The molecule has 4 rings (SSSR count). The highest BCUT2D eigenvalue weighted by molar-refractivity contribution is 7.99. The molecule has 0 unspecified atom stereocenters. The van der Waals surface area contributed by atoms with E-state index in [0.29, 0.717) is 12.6 Å². The van der Waals surface area contributed by atoms with E-state index in [0.717, 1.165) is 36.5 Å². The monoisotopic (exact) mass is 467 g/mol. The van der Waals surface area contributed by atoms with Crippen molar-refractivity contribution in [3.8, 4) is 0 Å². The van der Waals surface area contributed by atoms with Crippen molar-refractivity contribution in [2.24, 2.45) is 0 Å². The molecular weight excluding hydrogens is 444 g/mol. The predicted octanol–water partition coefficient (Wildman–Crippen LogP) is 4.89. The van der Waals surface area contributed by atoms with Gasteiger partial charge in [0, 0.05) is 41.9 Å². The number of benzene rings is 3. The molecule has 0 bridgehead atoms. The van der Waals surface area contributed by atoms with Crippen LogP contribution in [0, 0.1) is 11.6 Å². The number of nitrogens with zero attached hydrogens (tertiary/aromatic N) is 1. The minimum Gasteiger partial charge on any atom is -0.356 e. The summed E-state index contributed by atoms with van der Waals surface area (Å²) in [6.07, 6.45) is 0.812. The highest BCUT2D eigenvalue weighted by Gasteiger charge is 2.22. The molecule has 2 amide bonds. The van der Waals surface area contributed by atoms with Gasteiger partial charge in [0.1, 0.15) is 11.6 Å². The highest BCUT2D eigenvalue weighted by Crippen LogP contribution is 2.47. The molecule has 3 aromatic carbocycles. The number of hydrogen-bond acceptors (Lipinski definition) is 4. The van der Waals surface area contributed by atoms with E-state index in [4.69, 9.17) is 0 Å². The zero-order valence-electron chi connectivity index (χ0n) is 17.8. The first kappa shape index (κ1) is 22.8. The molecule has 33 heavy (non-hydrogen) atoms. The summed E-state index contributed by atoms with van der Waals surface area (Å²) in [7, 11) is 0. The van der Waals surface area contributed by atoms with E-state index in [1.54, 1.807) is 11.8 Å². The number of halogens is 2. The number of rotatable bonds is 8. The Morgan fingerprint density at radius 1 is 0.848 bits per heavy atom. The zero-order valence-corrected chi connectivity index (χ0v) is 18.6. The third-order valence-corrected chi connectivity index (χ3v) is 6.36. The third kappa shape index (κ3) is 5.51. The summed E-state index contributed by atoms with van der Waals surface area (Å²) < 4.78 is 26.6. The second-order valence-electron chi connectivity index (χ2n) is 7.52. The summed E-state index contributed by atoms with van der Waals surface area (Å²) >= 11 is 1.75. The molecule has 1 heterocycles. The van der Waals surface area contributed by atoms with Gasteiger partial charge in [0.2, 0.25) is 5.91 Å². The van der Waals surface area contributed by atoms with Gasteiger partial charge in [-0.1, -0.05) is 36.0 Å². The Labute approximate surface area is 195 Å². The Morgan fingerprint density at radius 3 is 2.18 bits per heavy atom. The normalized spacial score (nSPS) is 12.0. The van der Waals surface area contributed by atoms with Crippen molar-refractivity contribution in [3.63, 3.8) is 0 Å². The van der Waals surface area contributed by atoms with E-state index >= 15 is 0 Å². The van der Waals surface area contributed by atoms with Gasteiger partial charge in [0.15, 0.2) is 0 Å². The van der Waals surface area contributed by atoms with Gasteiger partial charge in [-0.15, -0.1) is 0 Å². The summed E-state index contributed by atoms with van der Waals surface area (Å²) in [5.41, 5.74) is 2.06. The molecule has 170 valence electrons. The third-order valence-electron chi connectivity index (χ3n) is 5.23. The van der Waals surface area contributed by atoms with Crippen LogP contribution in [-0.4, -0.2) is 31.4 Å². The van der Waals surface area contributed by atoms with Crippen molar-refractivity contribution < 1.29 is 18.4 Å². The van der Waals surface area contributed by atoms with Crippen molar-refractivity contribution in [2.45, 2.75) is 22.6 Å². The number of nitrogens with one attached hydrogen (secondary N) is 2. The van der Waals surface area contributed by atoms with Crippen LogP contribution in [-0.2, 0) is 4.79 Å². The van der Waals surface area contributed by atoms with Gasteiger partial charge in [0.05, 0.1) is 16.9 Å². The van der Waals surface area contributed by atoms with E-state index in [1.165, 1.54) is 9.79 Å². The van der Waals surface area contributed by atoms with Gasteiger partial charge >= 0.3 is 0 Å². The molecule has 5 nitrogen and oxygen atoms in total. The standard InChI is InChI=1S/C25H23F2N3O2S/c26-17-10-11-18(19(27)16-17)25(32)29-14-12-24(31)28-13-5-15-30-20-6-1-3-8-22(20)33-23-9-4-2-7-21(23)30/h1-4,6-11,16H,5,12-15H2,(H,28,31)(H,29,32). The lowest BCUT2D eigenvalue weighted by Gasteiger charge is -2.32. The second-order valence-corrected chi connectivity index (χ2v) is 8.61. The van der Waals surface area contributed by atoms with Gasteiger partial charge in [0.25, 0.3) is 5.91 Å². The molecule has 8 heteroatoms. The first-order valence-electron chi connectivity index (χ1n) is 10.7. The van der Waals surface area contributed by atoms with Crippen molar-refractivity contribution in [1.82, 2.24) is 10.6 Å². The second kappa shape index (κ2) is 10.5. The number of carbonyl (C=O) groups excluding carboxylic acids is 2. The van der Waals surface area contributed by atoms with E-state index in [1.807, 2.05) is 24.3 Å². The number of carbonyl (C=O) groups is 2. The van der Waals surface area contributed by atoms with Gasteiger partial charge in [-0.2, -0.15) is 0 Å². The first-order valence-corrected chi connectivity index (χ1v) is 11.5.